The fourth-order valence-corrected chi connectivity index (χ4v) is 11.7. The van der Waals surface area contributed by atoms with Crippen molar-refractivity contribution in [2.45, 2.75) is 109 Å². The van der Waals surface area contributed by atoms with Crippen molar-refractivity contribution in [3.8, 4) is 0 Å². The van der Waals surface area contributed by atoms with Crippen LogP contribution in [0, 0.1) is 52.3 Å². The third-order valence-corrected chi connectivity index (χ3v) is 14.1. The lowest BCUT2D eigenvalue weighted by Gasteiger charge is -2.63. The van der Waals surface area contributed by atoms with Gasteiger partial charge in [-0.05, 0) is 129 Å². The molecule has 32 heavy (non-hydrogen) atoms. The molecule has 0 heterocycles. The van der Waals surface area contributed by atoms with Crippen LogP contribution in [0.2, 0.25) is 0 Å². The average molecular weight is 477 g/mol. The Morgan fingerprint density at radius 3 is 2.34 bits per heavy atom. The van der Waals surface area contributed by atoms with Crippen LogP contribution in [0.5, 0.6) is 0 Å². The van der Waals surface area contributed by atoms with E-state index < -0.39 is 0 Å². The van der Waals surface area contributed by atoms with Crippen molar-refractivity contribution in [1.82, 2.24) is 0 Å². The monoisotopic (exact) mass is 476 g/mol. The second-order valence-corrected chi connectivity index (χ2v) is 15.4. The first-order valence-electron chi connectivity index (χ1n) is 13.9. The van der Waals surface area contributed by atoms with E-state index in [4.69, 9.17) is 0 Å². The minimum Gasteiger partial charge on any atom is -0.162 e. The molecule has 4 fully saturated rings. The van der Waals surface area contributed by atoms with E-state index in [1.807, 2.05) is 0 Å². The molecule has 4 saturated carbocycles. The Hall–Kier alpha value is 0.440. The quantitative estimate of drug-likeness (QED) is 0.336. The second kappa shape index (κ2) is 9.83. The van der Waals surface area contributed by atoms with E-state index >= 15 is 0 Å². The fourth-order valence-electron chi connectivity index (χ4n) is 9.68. The van der Waals surface area contributed by atoms with Gasteiger partial charge in [0.15, 0.2) is 0 Å². The largest absolute Gasteiger partial charge is 0.162 e. The van der Waals surface area contributed by atoms with Crippen molar-refractivity contribution in [3.05, 3.63) is 12.2 Å². The number of allylic oxidation sites excluding steroid dienone is 1. The van der Waals surface area contributed by atoms with E-state index in [0.29, 0.717) is 10.8 Å². The van der Waals surface area contributed by atoms with Gasteiger partial charge in [0.1, 0.15) is 0 Å². The van der Waals surface area contributed by atoms with Gasteiger partial charge in [-0.25, -0.2) is 0 Å². The summed E-state index contributed by atoms with van der Waals surface area (Å²) < 4.78 is 0. The first kappa shape index (κ1) is 25.5. The van der Waals surface area contributed by atoms with Crippen LogP contribution < -0.4 is 0 Å². The molecular weight excluding hydrogens is 424 g/mol. The van der Waals surface area contributed by atoms with Crippen molar-refractivity contribution in [2.75, 3.05) is 12.5 Å². The molecule has 0 aromatic rings. The molecule has 10 atom stereocenters. The number of fused-ring (bicyclic) bond motifs is 5. The molecule has 2 heteroatoms. The molecule has 0 nitrogen and oxygen atoms in total. The Balaban J connectivity index is 1.52. The van der Waals surface area contributed by atoms with Gasteiger partial charge in [-0.15, -0.1) is 0 Å². The maximum atomic E-state index is 4.42. The molecule has 0 spiro atoms. The van der Waals surface area contributed by atoms with Crippen LogP contribution in [0.1, 0.15) is 98.8 Å². The van der Waals surface area contributed by atoms with Crippen molar-refractivity contribution in [2.24, 2.45) is 52.3 Å². The molecule has 0 amide bonds. The average Bonchev–Trinajstić information content (AvgIpc) is 3.11. The molecule has 0 saturated heterocycles. The van der Waals surface area contributed by atoms with Crippen molar-refractivity contribution < 1.29 is 0 Å². The van der Waals surface area contributed by atoms with Gasteiger partial charge < -0.3 is 0 Å². The van der Waals surface area contributed by atoms with Crippen LogP contribution in [0.3, 0.4) is 0 Å². The summed E-state index contributed by atoms with van der Waals surface area (Å²) in [6, 6.07) is 0. The topological polar surface area (TPSA) is 0 Å². The van der Waals surface area contributed by atoms with E-state index in [0.717, 1.165) is 51.9 Å². The molecule has 4 rings (SSSR count). The summed E-state index contributed by atoms with van der Waals surface area (Å²) in [5.74, 6) is 6.50. The van der Waals surface area contributed by atoms with Gasteiger partial charge in [0.25, 0.3) is 0 Å². The zero-order valence-electron chi connectivity index (χ0n) is 22.3. The van der Waals surface area contributed by atoms with Crippen LogP contribution in [-0.2, 0) is 0 Å². The zero-order valence-corrected chi connectivity index (χ0v) is 23.9. The van der Waals surface area contributed by atoms with Gasteiger partial charge in [-0.2, -0.15) is 23.5 Å². The molecule has 4 aliphatic rings. The Morgan fingerprint density at radius 2 is 1.69 bits per heavy atom. The van der Waals surface area contributed by atoms with Gasteiger partial charge in [0.2, 0.25) is 0 Å². The van der Waals surface area contributed by atoms with Crippen molar-refractivity contribution in [1.29, 1.82) is 0 Å². The summed E-state index contributed by atoms with van der Waals surface area (Å²) >= 11 is 4.34. The Kier molecular flexibility index (Phi) is 7.84. The number of thioether (sulfide) groups is 2. The molecule has 184 valence electrons. The predicted molar refractivity (Wildman–Crippen MR) is 148 cm³/mol. The van der Waals surface area contributed by atoms with Crippen LogP contribution in [0.25, 0.3) is 0 Å². The lowest BCUT2D eigenvalue weighted by molar-refractivity contribution is -0.105. The SMILES string of the molecule is C=C1CCC2(C)C(C1)CC(SC)C1C2CCC2(C)C(C(C)CCC(SC)C(C)C)CCC12. The maximum Gasteiger partial charge on any atom is 0.00811 e. The van der Waals surface area contributed by atoms with Crippen LogP contribution in [-0.4, -0.2) is 23.0 Å². The molecule has 4 aliphatic carbocycles. The van der Waals surface area contributed by atoms with Crippen molar-refractivity contribution >= 4 is 23.5 Å². The van der Waals surface area contributed by atoms with E-state index in [1.54, 1.807) is 5.57 Å². The lowest BCUT2D eigenvalue weighted by atomic mass is 9.44. The van der Waals surface area contributed by atoms with Crippen molar-refractivity contribution in [3.63, 3.8) is 0 Å². The summed E-state index contributed by atoms with van der Waals surface area (Å²) in [6.45, 7) is 17.3. The highest BCUT2D eigenvalue weighted by Crippen LogP contribution is 2.69. The maximum absolute atomic E-state index is 4.42. The third-order valence-electron chi connectivity index (χ3n) is 11.6. The number of hydrogen-bond donors (Lipinski definition) is 0. The van der Waals surface area contributed by atoms with E-state index in [-0.39, 0.29) is 0 Å². The number of hydrogen-bond acceptors (Lipinski definition) is 2. The summed E-state index contributed by atoms with van der Waals surface area (Å²) in [5, 5.41) is 1.74. The van der Waals surface area contributed by atoms with Crippen LogP contribution >= 0.6 is 23.5 Å². The highest BCUT2D eigenvalue weighted by molar-refractivity contribution is 7.99. The van der Waals surface area contributed by atoms with Crippen LogP contribution in [0.15, 0.2) is 12.2 Å². The van der Waals surface area contributed by atoms with Gasteiger partial charge in [-0.3, -0.25) is 0 Å². The molecule has 0 aliphatic heterocycles. The van der Waals surface area contributed by atoms with Crippen LogP contribution in [0.4, 0.5) is 0 Å². The summed E-state index contributed by atoms with van der Waals surface area (Å²) in [6.07, 6.45) is 19.2. The minimum absolute atomic E-state index is 0.589. The standard InChI is InChI=1S/C30H52S2/c1-19(2)26(31-7)12-9-21(4)23-10-11-24-28-25(14-16-30(23,24)6)29(5)15-13-20(3)17-22(29)18-27(28)32-8/h19,21-28H,3,9-18H2,1-2,4-8H3. The summed E-state index contributed by atoms with van der Waals surface area (Å²) in [4.78, 5) is 0. The van der Waals surface area contributed by atoms with E-state index in [1.165, 1.54) is 64.2 Å². The summed E-state index contributed by atoms with van der Waals surface area (Å²) in [5.41, 5.74) is 2.74. The van der Waals surface area contributed by atoms with E-state index in [2.05, 4.69) is 77.2 Å². The highest BCUT2D eigenvalue weighted by atomic mass is 32.2. The van der Waals surface area contributed by atoms with Gasteiger partial charge in [-0.1, -0.05) is 46.8 Å². The van der Waals surface area contributed by atoms with Gasteiger partial charge >= 0.3 is 0 Å². The fraction of sp³-hybridized carbons (Fsp3) is 0.933. The normalized spacial score (nSPS) is 45.8. The Labute approximate surface area is 209 Å². The smallest absolute Gasteiger partial charge is 0.00811 e. The minimum atomic E-state index is 0.589. The predicted octanol–water partition coefficient (Wildman–Crippen LogP) is 9.35. The molecule has 0 bridgehead atoms. The molecular formula is C30H52S2. The lowest BCUT2D eigenvalue weighted by Crippen LogP contribution is -2.57. The highest BCUT2D eigenvalue weighted by Gasteiger charge is 2.62. The Bertz CT molecular complexity index is 670. The second-order valence-electron chi connectivity index (χ2n) is 13.3. The Morgan fingerprint density at radius 1 is 0.969 bits per heavy atom. The zero-order chi connectivity index (χ0) is 23.3. The molecule has 10 unspecified atom stereocenters. The molecule has 0 aromatic carbocycles. The molecule has 0 N–H and O–H groups in total. The molecule has 0 radical (unpaired) electrons. The first-order valence-corrected chi connectivity index (χ1v) is 16.5. The van der Waals surface area contributed by atoms with Gasteiger partial charge in [0.05, 0.1) is 0 Å². The third kappa shape index (κ3) is 4.29. The molecule has 0 aromatic heterocycles. The summed E-state index contributed by atoms with van der Waals surface area (Å²) in [7, 11) is 0. The first-order chi connectivity index (χ1) is 15.2. The van der Waals surface area contributed by atoms with E-state index in [9.17, 15) is 0 Å². The van der Waals surface area contributed by atoms with Gasteiger partial charge in [0, 0.05) is 10.5 Å². The number of rotatable bonds is 7.